The molecule has 2 aromatic rings. The Bertz CT molecular complexity index is 552. The first kappa shape index (κ1) is 14.9. The van der Waals surface area contributed by atoms with Crippen molar-refractivity contribution in [2.45, 2.75) is 32.7 Å². The highest BCUT2D eigenvalue weighted by Crippen LogP contribution is 2.29. The number of hydrogen-bond acceptors (Lipinski definition) is 3. The van der Waals surface area contributed by atoms with Gasteiger partial charge in [0.15, 0.2) is 0 Å². The third-order valence-corrected chi connectivity index (χ3v) is 3.84. The van der Waals surface area contributed by atoms with Gasteiger partial charge in [0.2, 0.25) is 0 Å². The molecule has 1 heterocycles. The Hall–Kier alpha value is -1.49. The highest BCUT2D eigenvalue weighted by atomic mass is 79.9. The van der Waals surface area contributed by atoms with Crippen LogP contribution in [0.5, 0.6) is 5.75 Å². The molecule has 1 aromatic heterocycles. The molecule has 0 aliphatic carbocycles. The fourth-order valence-corrected chi connectivity index (χ4v) is 2.67. The van der Waals surface area contributed by atoms with Crippen LogP contribution in [0.1, 0.15) is 31.9 Å². The third-order valence-electron chi connectivity index (χ3n) is 3.03. The lowest BCUT2D eigenvalue weighted by Gasteiger charge is -2.07. The van der Waals surface area contributed by atoms with Gasteiger partial charge in [-0.15, -0.1) is 0 Å². The van der Waals surface area contributed by atoms with Crippen LogP contribution < -0.4 is 10.5 Å². The number of halogens is 1. The lowest BCUT2D eigenvalue weighted by atomic mass is 10.1. The van der Waals surface area contributed by atoms with Crippen molar-refractivity contribution in [3.63, 3.8) is 0 Å². The minimum atomic E-state index is 0.355. The minimum Gasteiger partial charge on any atom is -0.494 e. The fraction of sp³-hybridized carbons (Fsp3) is 0.400. The molecular formula is C15H20BrN3O. The Balaban J connectivity index is 1.87. The standard InChI is InChI=1S/C15H20BrN3O/c1-11(2)14-13(16)15(17)19(18-14)9-6-10-20-12-7-4-3-5-8-12/h3-5,7-8,11H,6,9-10,17H2,1-2H3. The van der Waals surface area contributed by atoms with Gasteiger partial charge in [-0.1, -0.05) is 32.0 Å². The zero-order chi connectivity index (χ0) is 14.5. The summed E-state index contributed by atoms with van der Waals surface area (Å²) in [6.07, 6.45) is 0.866. The Morgan fingerprint density at radius 2 is 2.00 bits per heavy atom. The van der Waals surface area contributed by atoms with E-state index in [1.165, 1.54) is 0 Å². The molecule has 0 amide bonds. The second-order valence-corrected chi connectivity index (χ2v) is 5.77. The van der Waals surface area contributed by atoms with Crippen LogP contribution >= 0.6 is 15.9 Å². The number of anilines is 1. The van der Waals surface area contributed by atoms with Gasteiger partial charge in [0, 0.05) is 13.0 Å². The number of rotatable bonds is 6. The molecule has 2 N–H and O–H groups in total. The summed E-state index contributed by atoms with van der Waals surface area (Å²) in [5.41, 5.74) is 7.05. The smallest absolute Gasteiger partial charge is 0.136 e. The molecule has 0 atom stereocenters. The van der Waals surface area contributed by atoms with Gasteiger partial charge in [-0.2, -0.15) is 5.10 Å². The van der Waals surface area contributed by atoms with Crippen LogP contribution in [0.2, 0.25) is 0 Å². The van der Waals surface area contributed by atoms with Gasteiger partial charge in [-0.05, 0) is 34.0 Å². The van der Waals surface area contributed by atoms with E-state index >= 15 is 0 Å². The van der Waals surface area contributed by atoms with Crippen LogP contribution in [0.25, 0.3) is 0 Å². The van der Waals surface area contributed by atoms with Gasteiger partial charge in [-0.3, -0.25) is 0 Å². The van der Waals surface area contributed by atoms with E-state index in [2.05, 4.69) is 34.9 Å². The van der Waals surface area contributed by atoms with Crippen molar-refractivity contribution >= 4 is 21.7 Å². The summed E-state index contributed by atoms with van der Waals surface area (Å²) in [6.45, 7) is 5.62. The molecule has 0 bridgehead atoms. The summed E-state index contributed by atoms with van der Waals surface area (Å²) in [5.74, 6) is 1.94. The van der Waals surface area contributed by atoms with Crippen LogP contribution in [0.4, 0.5) is 5.82 Å². The van der Waals surface area contributed by atoms with Crippen LogP contribution in [-0.2, 0) is 6.54 Å². The number of aryl methyl sites for hydroxylation is 1. The van der Waals surface area contributed by atoms with E-state index in [1.807, 2.05) is 35.0 Å². The molecule has 0 unspecified atom stereocenters. The number of ether oxygens (including phenoxy) is 1. The molecule has 1 aromatic carbocycles. The Kier molecular flexibility index (Phi) is 5.06. The lowest BCUT2D eigenvalue weighted by molar-refractivity contribution is 0.299. The number of aromatic nitrogens is 2. The van der Waals surface area contributed by atoms with Crippen LogP contribution in [-0.4, -0.2) is 16.4 Å². The van der Waals surface area contributed by atoms with Crippen molar-refractivity contribution in [3.8, 4) is 5.75 Å². The molecule has 20 heavy (non-hydrogen) atoms. The van der Waals surface area contributed by atoms with E-state index in [4.69, 9.17) is 10.5 Å². The normalized spacial score (nSPS) is 11.0. The molecular weight excluding hydrogens is 318 g/mol. The minimum absolute atomic E-state index is 0.355. The molecule has 0 radical (unpaired) electrons. The first-order valence-corrected chi connectivity index (χ1v) is 7.58. The SMILES string of the molecule is CC(C)c1nn(CCCOc2ccccc2)c(N)c1Br. The Morgan fingerprint density at radius 3 is 2.60 bits per heavy atom. The molecule has 108 valence electrons. The van der Waals surface area contributed by atoms with Gasteiger partial charge in [0.25, 0.3) is 0 Å². The average molecular weight is 338 g/mol. The maximum atomic E-state index is 6.05. The van der Waals surface area contributed by atoms with E-state index in [9.17, 15) is 0 Å². The summed E-state index contributed by atoms with van der Waals surface area (Å²) < 4.78 is 8.41. The summed E-state index contributed by atoms with van der Waals surface area (Å²) in [6, 6.07) is 9.81. The molecule has 0 spiro atoms. The van der Waals surface area contributed by atoms with Crippen LogP contribution in [0.15, 0.2) is 34.8 Å². The Labute approximate surface area is 128 Å². The summed E-state index contributed by atoms with van der Waals surface area (Å²) in [7, 11) is 0. The van der Waals surface area contributed by atoms with Gasteiger partial charge in [0.05, 0.1) is 16.8 Å². The topological polar surface area (TPSA) is 53.1 Å². The molecule has 0 saturated carbocycles. The molecule has 0 aliphatic rings. The highest BCUT2D eigenvalue weighted by molar-refractivity contribution is 9.10. The van der Waals surface area contributed by atoms with E-state index < -0.39 is 0 Å². The highest BCUT2D eigenvalue weighted by Gasteiger charge is 2.15. The fourth-order valence-electron chi connectivity index (χ4n) is 1.93. The number of hydrogen-bond donors (Lipinski definition) is 1. The zero-order valence-electron chi connectivity index (χ0n) is 11.8. The van der Waals surface area contributed by atoms with Gasteiger partial charge in [-0.25, -0.2) is 4.68 Å². The van der Waals surface area contributed by atoms with Crippen LogP contribution in [0, 0.1) is 0 Å². The molecule has 0 aliphatic heterocycles. The van der Waals surface area contributed by atoms with Crippen molar-refractivity contribution < 1.29 is 4.74 Å². The maximum Gasteiger partial charge on any atom is 0.136 e. The summed E-state index contributed by atoms with van der Waals surface area (Å²) in [5, 5.41) is 4.54. The monoisotopic (exact) mass is 337 g/mol. The van der Waals surface area contributed by atoms with E-state index in [0.29, 0.717) is 18.3 Å². The summed E-state index contributed by atoms with van der Waals surface area (Å²) in [4.78, 5) is 0. The van der Waals surface area contributed by atoms with Crippen molar-refractivity contribution in [1.29, 1.82) is 0 Å². The number of nitrogens with two attached hydrogens (primary N) is 1. The Morgan fingerprint density at radius 1 is 1.30 bits per heavy atom. The second-order valence-electron chi connectivity index (χ2n) is 4.98. The van der Waals surface area contributed by atoms with Crippen molar-refractivity contribution in [3.05, 3.63) is 40.5 Å². The number of nitrogen functional groups attached to an aromatic ring is 1. The van der Waals surface area contributed by atoms with E-state index in [1.54, 1.807) is 0 Å². The average Bonchev–Trinajstić information content (AvgIpc) is 2.73. The molecule has 0 saturated heterocycles. The van der Waals surface area contributed by atoms with Gasteiger partial charge >= 0.3 is 0 Å². The number of nitrogens with zero attached hydrogens (tertiary/aromatic N) is 2. The molecule has 0 fully saturated rings. The molecule has 4 nitrogen and oxygen atoms in total. The first-order valence-electron chi connectivity index (χ1n) is 6.79. The molecule has 2 rings (SSSR count). The number of para-hydroxylation sites is 1. The van der Waals surface area contributed by atoms with Crippen molar-refractivity contribution in [2.75, 3.05) is 12.3 Å². The number of benzene rings is 1. The summed E-state index contributed by atoms with van der Waals surface area (Å²) >= 11 is 3.51. The van der Waals surface area contributed by atoms with E-state index in [0.717, 1.165) is 28.9 Å². The second kappa shape index (κ2) is 6.79. The van der Waals surface area contributed by atoms with Gasteiger partial charge < -0.3 is 10.5 Å². The van der Waals surface area contributed by atoms with E-state index in [-0.39, 0.29) is 0 Å². The first-order chi connectivity index (χ1) is 9.59. The predicted molar refractivity (Wildman–Crippen MR) is 85.0 cm³/mol. The lowest BCUT2D eigenvalue weighted by Crippen LogP contribution is -2.08. The quantitative estimate of drug-likeness (QED) is 0.815. The van der Waals surface area contributed by atoms with Crippen molar-refractivity contribution in [2.24, 2.45) is 0 Å². The third kappa shape index (κ3) is 3.54. The largest absolute Gasteiger partial charge is 0.494 e. The molecule has 5 heteroatoms. The predicted octanol–water partition coefficient (Wildman–Crippen LogP) is 3.82. The van der Waals surface area contributed by atoms with Gasteiger partial charge in [0.1, 0.15) is 11.6 Å². The van der Waals surface area contributed by atoms with Crippen LogP contribution in [0.3, 0.4) is 0 Å². The maximum absolute atomic E-state index is 6.05. The van der Waals surface area contributed by atoms with Crippen molar-refractivity contribution in [1.82, 2.24) is 9.78 Å². The zero-order valence-corrected chi connectivity index (χ0v) is 13.4.